The molecule has 2 fully saturated rings. The minimum absolute atomic E-state index is 0.105. The van der Waals surface area contributed by atoms with Crippen molar-refractivity contribution in [3.05, 3.63) is 53.8 Å². The van der Waals surface area contributed by atoms with E-state index in [9.17, 15) is 14.0 Å². The molecule has 4 rings (SSSR count). The molecule has 0 aliphatic carbocycles. The van der Waals surface area contributed by atoms with Gasteiger partial charge in [0.2, 0.25) is 11.8 Å². The monoisotopic (exact) mass is 484 g/mol. The van der Waals surface area contributed by atoms with Gasteiger partial charge in [-0.3, -0.25) is 19.4 Å². The Labute approximate surface area is 205 Å². The summed E-state index contributed by atoms with van der Waals surface area (Å²) >= 11 is 0. The number of anilines is 1. The number of carbonyl (C=O) groups excluding carboxylic acids is 2. The van der Waals surface area contributed by atoms with Crippen LogP contribution >= 0.6 is 0 Å². The van der Waals surface area contributed by atoms with E-state index in [0.29, 0.717) is 38.4 Å². The molecule has 0 bridgehead atoms. The van der Waals surface area contributed by atoms with Gasteiger partial charge in [-0.25, -0.2) is 4.39 Å². The number of hydrogen-bond acceptors (Lipinski definition) is 6. The van der Waals surface area contributed by atoms with Crippen molar-refractivity contribution < 1.29 is 23.5 Å². The smallest absolute Gasteiger partial charge is 0.238 e. The van der Waals surface area contributed by atoms with Crippen LogP contribution in [-0.2, 0) is 9.59 Å². The number of ether oxygens (including phenoxy) is 2. The standard InChI is InChI=1S/C26H33FN4O4/c1-34-21-8-9-22(24(16-21)35-2)23-7-4-10-31(23)18-26(33)30-13-11-29(12-14-30)17-25(32)28-20-6-3-5-19(27)15-20/h3,5-6,8-9,15-16,23H,4,7,10-14,17-18H2,1-2H3,(H,28,32)/t23-/m1/s1. The Hall–Kier alpha value is -3.17. The van der Waals surface area contributed by atoms with E-state index < -0.39 is 0 Å². The Balaban J connectivity index is 1.27. The van der Waals surface area contributed by atoms with Crippen molar-refractivity contribution in [2.75, 3.05) is 65.3 Å². The number of piperazine rings is 1. The van der Waals surface area contributed by atoms with Gasteiger partial charge in [0.25, 0.3) is 0 Å². The van der Waals surface area contributed by atoms with Crippen LogP contribution in [0.4, 0.5) is 10.1 Å². The average Bonchev–Trinajstić information content (AvgIpc) is 3.31. The molecule has 188 valence electrons. The zero-order valence-electron chi connectivity index (χ0n) is 20.3. The molecular formula is C26H33FN4O4. The van der Waals surface area contributed by atoms with Crippen LogP contribution in [0, 0.1) is 5.82 Å². The van der Waals surface area contributed by atoms with Crippen LogP contribution in [0.2, 0.25) is 0 Å². The molecule has 0 saturated carbocycles. The quantitative estimate of drug-likeness (QED) is 0.621. The van der Waals surface area contributed by atoms with E-state index in [-0.39, 0.29) is 30.2 Å². The third-order valence-electron chi connectivity index (χ3n) is 6.70. The van der Waals surface area contributed by atoms with Gasteiger partial charge in [-0.05, 0) is 43.7 Å². The molecule has 2 heterocycles. The number of rotatable bonds is 8. The summed E-state index contributed by atoms with van der Waals surface area (Å²) in [6, 6.07) is 11.8. The zero-order valence-corrected chi connectivity index (χ0v) is 20.3. The molecule has 0 spiro atoms. The highest BCUT2D eigenvalue weighted by Gasteiger charge is 2.32. The molecule has 0 unspecified atom stereocenters. The lowest BCUT2D eigenvalue weighted by atomic mass is 10.0. The van der Waals surface area contributed by atoms with Crippen molar-refractivity contribution >= 4 is 17.5 Å². The Bertz CT molecular complexity index is 1040. The van der Waals surface area contributed by atoms with Crippen molar-refractivity contribution in [3.63, 3.8) is 0 Å². The van der Waals surface area contributed by atoms with Crippen molar-refractivity contribution in [1.29, 1.82) is 0 Å². The molecule has 2 aromatic carbocycles. The van der Waals surface area contributed by atoms with Gasteiger partial charge in [-0.1, -0.05) is 12.1 Å². The number of hydrogen-bond donors (Lipinski definition) is 1. The summed E-state index contributed by atoms with van der Waals surface area (Å²) in [5, 5.41) is 2.72. The normalized spacial score (nSPS) is 18.9. The Morgan fingerprint density at radius 1 is 1.00 bits per heavy atom. The van der Waals surface area contributed by atoms with Crippen LogP contribution in [0.25, 0.3) is 0 Å². The highest BCUT2D eigenvalue weighted by atomic mass is 19.1. The Kier molecular flexibility index (Phi) is 8.20. The lowest BCUT2D eigenvalue weighted by Gasteiger charge is -2.36. The molecule has 1 N–H and O–H groups in total. The summed E-state index contributed by atoms with van der Waals surface area (Å²) in [5.74, 6) is 1.05. The summed E-state index contributed by atoms with van der Waals surface area (Å²) < 4.78 is 24.2. The molecule has 2 saturated heterocycles. The number of halogens is 1. The predicted molar refractivity (Wildman–Crippen MR) is 131 cm³/mol. The van der Waals surface area contributed by atoms with Crippen LogP contribution in [0.15, 0.2) is 42.5 Å². The number of amides is 2. The molecule has 8 nitrogen and oxygen atoms in total. The summed E-state index contributed by atoms with van der Waals surface area (Å²) in [4.78, 5) is 31.5. The van der Waals surface area contributed by atoms with E-state index in [0.717, 1.165) is 36.4 Å². The number of nitrogens with one attached hydrogen (secondary N) is 1. The molecule has 9 heteroatoms. The van der Waals surface area contributed by atoms with Crippen LogP contribution in [0.5, 0.6) is 11.5 Å². The van der Waals surface area contributed by atoms with E-state index in [2.05, 4.69) is 10.2 Å². The topological polar surface area (TPSA) is 74.4 Å². The molecule has 2 amide bonds. The summed E-state index contributed by atoms with van der Waals surface area (Å²) in [6.07, 6.45) is 2.01. The zero-order chi connectivity index (χ0) is 24.8. The van der Waals surface area contributed by atoms with Gasteiger partial charge in [0.05, 0.1) is 27.3 Å². The average molecular weight is 485 g/mol. The van der Waals surface area contributed by atoms with Gasteiger partial charge >= 0.3 is 0 Å². The fourth-order valence-electron chi connectivity index (χ4n) is 4.86. The summed E-state index contributed by atoms with van der Waals surface area (Å²) in [6.45, 7) is 3.85. The van der Waals surface area contributed by atoms with Crippen molar-refractivity contribution in [1.82, 2.24) is 14.7 Å². The highest BCUT2D eigenvalue weighted by Crippen LogP contribution is 2.38. The number of carbonyl (C=O) groups is 2. The minimum Gasteiger partial charge on any atom is -0.497 e. The molecule has 0 aromatic heterocycles. The van der Waals surface area contributed by atoms with Gasteiger partial charge < -0.3 is 19.7 Å². The number of methoxy groups -OCH3 is 2. The minimum atomic E-state index is -0.388. The third-order valence-corrected chi connectivity index (χ3v) is 6.70. The van der Waals surface area contributed by atoms with Crippen LogP contribution in [-0.4, -0.2) is 86.5 Å². The predicted octanol–water partition coefficient (Wildman–Crippen LogP) is 2.76. The second-order valence-corrected chi connectivity index (χ2v) is 8.95. The van der Waals surface area contributed by atoms with Gasteiger partial charge in [-0.15, -0.1) is 0 Å². The Morgan fingerprint density at radius 3 is 2.51 bits per heavy atom. The third kappa shape index (κ3) is 6.29. The largest absolute Gasteiger partial charge is 0.497 e. The molecule has 2 aliphatic heterocycles. The van der Waals surface area contributed by atoms with E-state index in [1.807, 2.05) is 28.0 Å². The first kappa shape index (κ1) is 24.9. The first-order chi connectivity index (χ1) is 17.0. The van der Waals surface area contributed by atoms with E-state index in [1.54, 1.807) is 26.4 Å². The maximum Gasteiger partial charge on any atom is 0.238 e. The van der Waals surface area contributed by atoms with Crippen molar-refractivity contribution in [2.45, 2.75) is 18.9 Å². The lowest BCUT2D eigenvalue weighted by molar-refractivity contribution is -0.134. The SMILES string of the molecule is COc1ccc([C@H]2CCCN2CC(=O)N2CCN(CC(=O)Nc3cccc(F)c3)CC2)c(OC)c1. The van der Waals surface area contributed by atoms with Crippen molar-refractivity contribution in [3.8, 4) is 11.5 Å². The highest BCUT2D eigenvalue weighted by molar-refractivity contribution is 5.92. The maximum atomic E-state index is 13.3. The second kappa shape index (κ2) is 11.5. The maximum absolute atomic E-state index is 13.3. The lowest BCUT2D eigenvalue weighted by Crippen LogP contribution is -2.52. The first-order valence-corrected chi connectivity index (χ1v) is 12.0. The molecular weight excluding hydrogens is 451 g/mol. The summed E-state index contributed by atoms with van der Waals surface area (Å²) in [5.41, 5.74) is 1.52. The first-order valence-electron chi connectivity index (χ1n) is 12.0. The summed E-state index contributed by atoms with van der Waals surface area (Å²) in [7, 11) is 3.28. The van der Waals surface area contributed by atoms with Crippen LogP contribution < -0.4 is 14.8 Å². The van der Waals surface area contributed by atoms with Crippen molar-refractivity contribution in [2.24, 2.45) is 0 Å². The van der Waals surface area contributed by atoms with Crippen LogP contribution in [0.1, 0.15) is 24.4 Å². The van der Waals surface area contributed by atoms with Gasteiger partial charge in [0.15, 0.2) is 0 Å². The van der Waals surface area contributed by atoms with Gasteiger partial charge in [-0.2, -0.15) is 0 Å². The number of nitrogens with zero attached hydrogens (tertiary/aromatic N) is 3. The number of likely N-dealkylation sites (tertiary alicyclic amines) is 1. The fourth-order valence-corrected chi connectivity index (χ4v) is 4.86. The van der Waals surface area contributed by atoms with Gasteiger partial charge in [0.1, 0.15) is 17.3 Å². The molecule has 2 aromatic rings. The van der Waals surface area contributed by atoms with Crippen LogP contribution in [0.3, 0.4) is 0 Å². The molecule has 1 atom stereocenters. The van der Waals surface area contributed by atoms with Gasteiger partial charge in [0, 0.05) is 49.5 Å². The van der Waals surface area contributed by atoms with E-state index >= 15 is 0 Å². The molecule has 35 heavy (non-hydrogen) atoms. The van der Waals surface area contributed by atoms with E-state index in [1.165, 1.54) is 12.1 Å². The number of benzene rings is 2. The second-order valence-electron chi connectivity index (χ2n) is 8.95. The Morgan fingerprint density at radius 2 is 1.80 bits per heavy atom. The molecule has 2 aliphatic rings. The fraction of sp³-hybridized carbons (Fsp3) is 0.462. The molecule has 0 radical (unpaired) electrons. The van der Waals surface area contributed by atoms with E-state index in [4.69, 9.17) is 9.47 Å².